The van der Waals surface area contributed by atoms with E-state index in [0.29, 0.717) is 26.4 Å². The van der Waals surface area contributed by atoms with Gasteiger partial charge in [-0.3, -0.25) is 14.2 Å². The lowest BCUT2D eigenvalue weighted by Crippen LogP contribution is -2.25. The zero-order chi connectivity index (χ0) is 29.1. The Balaban J connectivity index is 1.39. The molecule has 3 heterocycles. The maximum Gasteiger partial charge on any atom is 0.341 e. The maximum absolute atomic E-state index is 13.4. The van der Waals surface area contributed by atoms with Crippen LogP contribution in [0.1, 0.15) is 67.7 Å². The largest absolute Gasteiger partial charge is 0.462 e. The van der Waals surface area contributed by atoms with E-state index in [2.05, 4.69) is 20.8 Å². The second-order valence-electron chi connectivity index (χ2n) is 9.64. The summed E-state index contributed by atoms with van der Waals surface area (Å²) >= 11 is 4.10. The van der Waals surface area contributed by atoms with E-state index < -0.39 is 11.2 Å². The van der Waals surface area contributed by atoms with Crippen molar-refractivity contribution in [2.24, 2.45) is 0 Å². The second-order valence-corrected chi connectivity index (χ2v) is 13.0. The molecular weight excluding hydrogens is 579 g/mol. The molecule has 1 aromatic carbocycles. The Hall–Kier alpha value is -3.48. The predicted molar refractivity (Wildman–Crippen MR) is 163 cm³/mol. The van der Waals surface area contributed by atoms with Crippen LogP contribution in [-0.2, 0) is 28.9 Å². The van der Waals surface area contributed by atoms with Gasteiger partial charge >= 0.3 is 5.97 Å². The first-order valence-electron chi connectivity index (χ1n) is 13.4. The number of amides is 2. The minimum absolute atomic E-state index is 0.169. The molecule has 0 fully saturated rings. The highest BCUT2D eigenvalue weighted by Gasteiger charge is 2.30. The van der Waals surface area contributed by atoms with Gasteiger partial charge in [-0.1, -0.05) is 30.0 Å². The number of hydrogen-bond donors (Lipinski definition) is 2. The van der Waals surface area contributed by atoms with Gasteiger partial charge in [-0.05, 0) is 81.2 Å². The molecule has 0 saturated carbocycles. The molecule has 0 saturated heterocycles. The summed E-state index contributed by atoms with van der Waals surface area (Å²) < 4.78 is 7.20. The molecule has 1 aliphatic rings. The summed E-state index contributed by atoms with van der Waals surface area (Å²) in [6.45, 7) is 8.07. The minimum Gasteiger partial charge on any atom is -0.462 e. The van der Waals surface area contributed by atoms with Crippen molar-refractivity contribution in [3.8, 4) is 5.69 Å². The summed E-state index contributed by atoms with van der Waals surface area (Å²) in [4.78, 5) is 40.5. The van der Waals surface area contributed by atoms with Crippen LogP contribution in [0.15, 0.2) is 40.9 Å². The van der Waals surface area contributed by atoms with Gasteiger partial charge in [0.1, 0.15) is 5.00 Å². The SMILES string of the molecule is CCOC(=O)c1c(NC(=O)C(C)Sc2nnc(CNC(=O)c3cccs3)n2-c2cccc(C)c2C)sc2c1CCC2. The second kappa shape index (κ2) is 12.6. The molecule has 5 rings (SSSR count). The molecule has 4 aromatic rings. The lowest BCUT2D eigenvalue weighted by Gasteiger charge is -2.16. The van der Waals surface area contributed by atoms with Crippen LogP contribution in [0.2, 0.25) is 0 Å². The number of hydrogen-bond acceptors (Lipinski definition) is 9. The number of thioether (sulfide) groups is 1. The molecule has 9 nitrogen and oxygen atoms in total. The van der Waals surface area contributed by atoms with Crippen LogP contribution in [0.25, 0.3) is 5.69 Å². The summed E-state index contributed by atoms with van der Waals surface area (Å²) in [5.41, 5.74) is 4.50. The first kappa shape index (κ1) is 29.0. The van der Waals surface area contributed by atoms with E-state index in [9.17, 15) is 14.4 Å². The van der Waals surface area contributed by atoms with Gasteiger partial charge in [0.15, 0.2) is 11.0 Å². The highest BCUT2D eigenvalue weighted by atomic mass is 32.2. The van der Waals surface area contributed by atoms with Crippen molar-refractivity contribution in [1.82, 2.24) is 20.1 Å². The zero-order valence-electron chi connectivity index (χ0n) is 23.3. The van der Waals surface area contributed by atoms with Crippen LogP contribution in [0, 0.1) is 13.8 Å². The highest BCUT2D eigenvalue weighted by molar-refractivity contribution is 8.00. The van der Waals surface area contributed by atoms with Crippen LogP contribution in [0.5, 0.6) is 0 Å². The van der Waals surface area contributed by atoms with Gasteiger partial charge in [-0.15, -0.1) is 32.9 Å². The van der Waals surface area contributed by atoms with Crippen molar-refractivity contribution >= 4 is 57.2 Å². The monoisotopic (exact) mass is 609 g/mol. The number of aryl methyl sites for hydroxylation is 2. The topological polar surface area (TPSA) is 115 Å². The number of nitrogens with one attached hydrogen (secondary N) is 2. The van der Waals surface area contributed by atoms with E-state index >= 15 is 0 Å². The van der Waals surface area contributed by atoms with Gasteiger partial charge in [-0.25, -0.2) is 4.79 Å². The Morgan fingerprint density at radius 1 is 1.15 bits per heavy atom. The number of aromatic nitrogens is 3. The number of carbonyl (C=O) groups excluding carboxylic acids is 3. The number of benzene rings is 1. The Labute approximate surface area is 250 Å². The molecule has 1 atom stereocenters. The molecular formula is C29H31N5O4S3. The molecule has 0 aliphatic heterocycles. The molecule has 0 bridgehead atoms. The lowest BCUT2D eigenvalue weighted by molar-refractivity contribution is -0.115. The average Bonchev–Trinajstić information content (AvgIpc) is 3.74. The van der Waals surface area contributed by atoms with Crippen molar-refractivity contribution in [1.29, 1.82) is 0 Å². The van der Waals surface area contributed by atoms with Gasteiger partial charge < -0.3 is 15.4 Å². The Kier molecular flexibility index (Phi) is 8.91. The Morgan fingerprint density at radius 3 is 2.73 bits per heavy atom. The van der Waals surface area contributed by atoms with Crippen molar-refractivity contribution in [3.63, 3.8) is 0 Å². The first-order chi connectivity index (χ1) is 19.8. The molecule has 2 N–H and O–H groups in total. The van der Waals surface area contributed by atoms with E-state index in [1.54, 1.807) is 19.9 Å². The van der Waals surface area contributed by atoms with Crippen LogP contribution >= 0.6 is 34.4 Å². The molecule has 2 amide bonds. The van der Waals surface area contributed by atoms with Gasteiger partial charge in [0.2, 0.25) is 5.91 Å². The molecule has 214 valence electrons. The number of esters is 1. The van der Waals surface area contributed by atoms with Gasteiger partial charge in [-0.2, -0.15) is 0 Å². The van der Waals surface area contributed by atoms with Crippen molar-refractivity contribution in [2.45, 2.75) is 63.9 Å². The molecule has 41 heavy (non-hydrogen) atoms. The third-order valence-corrected chi connectivity index (χ3v) is 10.1. The number of carbonyl (C=O) groups is 3. The summed E-state index contributed by atoms with van der Waals surface area (Å²) in [7, 11) is 0. The number of fused-ring (bicyclic) bond motifs is 1. The van der Waals surface area contributed by atoms with Crippen molar-refractivity contribution < 1.29 is 19.1 Å². The molecule has 1 aliphatic carbocycles. The molecule has 1 unspecified atom stereocenters. The maximum atomic E-state index is 13.4. The molecule has 12 heteroatoms. The standard InChI is InChI=1S/C29H31N5O4S3/c1-5-38-28(37)24-19-10-7-12-21(19)41-27(24)31-25(35)18(4)40-29-33-32-23(15-30-26(36)22-13-8-14-39-22)34(29)20-11-6-9-16(2)17(20)3/h6,8-9,11,13-14,18H,5,7,10,12,15H2,1-4H3,(H,30,36)(H,31,35). The summed E-state index contributed by atoms with van der Waals surface area (Å²) in [6.07, 6.45) is 2.71. The number of anilines is 1. The lowest BCUT2D eigenvalue weighted by atomic mass is 10.1. The van der Waals surface area contributed by atoms with Gasteiger partial charge in [0.05, 0.1) is 34.5 Å². The van der Waals surface area contributed by atoms with Crippen molar-refractivity contribution in [3.05, 3.63) is 73.5 Å². The van der Waals surface area contributed by atoms with E-state index in [0.717, 1.165) is 46.5 Å². The number of rotatable bonds is 10. The predicted octanol–water partition coefficient (Wildman–Crippen LogP) is 5.72. The fraction of sp³-hybridized carbons (Fsp3) is 0.345. The summed E-state index contributed by atoms with van der Waals surface area (Å²) in [5, 5.41) is 17.1. The number of thiophene rings is 2. The first-order valence-corrected chi connectivity index (χ1v) is 16.0. The molecule has 0 spiro atoms. The smallest absolute Gasteiger partial charge is 0.341 e. The van der Waals surface area contributed by atoms with Crippen molar-refractivity contribution in [2.75, 3.05) is 11.9 Å². The van der Waals surface area contributed by atoms with Crippen LogP contribution in [0.3, 0.4) is 0 Å². The normalized spacial score (nSPS) is 13.1. The minimum atomic E-state index is -0.552. The number of ether oxygens (including phenoxy) is 1. The van der Waals surface area contributed by atoms with Gasteiger partial charge in [0, 0.05) is 4.88 Å². The third kappa shape index (κ3) is 6.09. The Bertz CT molecular complexity index is 1590. The fourth-order valence-electron chi connectivity index (χ4n) is 4.70. The molecule has 0 radical (unpaired) electrons. The Morgan fingerprint density at radius 2 is 1.98 bits per heavy atom. The quantitative estimate of drug-likeness (QED) is 0.175. The number of nitrogens with zero attached hydrogens (tertiary/aromatic N) is 3. The van der Waals surface area contributed by atoms with Crippen LogP contribution in [-0.4, -0.2) is 44.4 Å². The van der Waals surface area contributed by atoms with Gasteiger partial charge in [0.25, 0.3) is 5.91 Å². The zero-order valence-corrected chi connectivity index (χ0v) is 25.7. The van der Waals surface area contributed by atoms with E-state index in [-0.39, 0.29) is 25.0 Å². The summed E-state index contributed by atoms with van der Waals surface area (Å²) in [6, 6.07) is 9.57. The van der Waals surface area contributed by atoms with E-state index in [1.807, 2.05) is 48.1 Å². The molecule has 3 aromatic heterocycles. The summed E-state index contributed by atoms with van der Waals surface area (Å²) in [5.74, 6) is -0.273. The fourth-order valence-corrected chi connectivity index (χ4v) is 7.50. The van der Waals surface area contributed by atoms with E-state index in [1.165, 1.54) is 34.4 Å². The van der Waals surface area contributed by atoms with E-state index in [4.69, 9.17) is 4.74 Å². The third-order valence-electron chi connectivity index (χ3n) is 6.96. The average molecular weight is 610 g/mol. The van der Waals surface area contributed by atoms with Crippen LogP contribution in [0.4, 0.5) is 5.00 Å². The van der Waals surface area contributed by atoms with Crippen LogP contribution < -0.4 is 10.6 Å². The highest BCUT2D eigenvalue weighted by Crippen LogP contribution is 2.40.